The summed E-state index contributed by atoms with van der Waals surface area (Å²) < 4.78 is 2.36. The van der Waals surface area contributed by atoms with E-state index in [1.807, 2.05) is 6.20 Å². The largest absolute Gasteiger partial charge is 0.355 e. The fourth-order valence-electron chi connectivity index (χ4n) is 8.71. The van der Waals surface area contributed by atoms with Gasteiger partial charge in [0.05, 0.1) is 29.1 Å². The van der Waals surface area contributed by atoms with Crippen LogP contribution in [0.25, 0.3) is 61.0 Å². The number of nitrogens with zero attached hydrogens (tertiary/aromatic N) is 4. The molecule has 0 aliphatic carbocycles. The van der Waals surface area contributed by atoms with Crippen LogP contribution in [-0.2, 0) is 5.41 Å². The molecule has 1 aliphatic heterocycles. The Morgan fingerprint density at radius 2 is 1.12 bits per heavy atom. The Hall–Kier alpha value is -6.91. The maximum absolute atomic E-state index is 5.10. The highest BCUT2D eigenvalue weighted by molar-refractivity contribution is 6.09. The minimum absolute atomic E-state index is 0.273. The predicted molar refractivity (Wildman–Crippen MR) is 235 cm³/mol. The first-order valence-corrected chi connectivity index (χ1v) is 19.4. The third-order valence-corrected chi connectivity index (χ3v) is 11.7. The van der Waals surface area contributed by atoms with Crippen molar-refractivity contribution in [2.45, 2.75) is 19.3 Å². The maximum Gasteiger partial charge on any atom is 0.138 e. The third-order valence-electron chi connectivity index (χ3n) is 11.7. The van der Waals surface area contributed by atoms with Crippen molar-refractivity contribution in [1.82, 2.24) is 9.55 Å². The zero-order chi connectivity index (χ0) is 37.8. The van der Waals surface area contributed by atoms with Gasteiger partial charge in [0.15, 0.2) is 0 Å². The van der Waals surface area contributed by atoms with Gasteiger partial charge in [-0.3, -0.25) is 4.57 Å². The van der Waals surface area contributed by atoms with Crippen LogP contribution in [0, 0.1) is 0 Å². The molecule has 270 valence electrons. The Morgan fingerprint density at radius 1 is 0.500 bits per heavy atom. The van der Waals surface area contributed by atoms with Gasteiger partial charge < -0.3 is 9.80 Å². The summed E-state index contributed by atoms with van der Waals surface area (Å²) >= 11 is 0. The lowest BCUT2D eigenvalue weighted by Gasteiger charge is -2.28. The molecule has 0 radical (unpaired) electrons. The second-order valence-electron chi connectivity index (χ2n) is 15.4. The zero-order valence-corrected chi connectivity index (χ0v) is 31.9. The number of hydrogen-bond donors (Lipinski definition) is 0. The number of para-hydroxylation sites is 3. The van der Waals surface area contributed by atoms with Crippen molar-refractivity contribution in [3.8, 4) is 39.2 Å². The molecule has 0 N–H and O–H groups in total. The Morgan fingerprint density at radius 3 is 1.88 bits per heavy atom. The molecule has 0 spiro atoms. The van der Waals surface area contributed by atoms with Crippen LogP contribution in [-0.4, -0.2) is 23.3 Å². The van der Waals surface area contributed by atoms with Crippen molar-refractivity contribution in [1.29, 1.82) is 0 Å². The molecule has 0 saturated carbocycles. The highest BCUT2D eigenvalue weighted by Crippen LogP contribution is 2.44. The van der Waals surface area contributed by atoms with E-state index in [-0.39, 0.29) is 5.41 Å². The molecule has 0 fully saturated rings. The maximum atomic E-state index is 5.10. The molecule has 3 heterocycles. The third kappa shape index (κ3) is 5.56. The Bertz CT molecular complexity index is 2830. The first-order valence-electron chi connectivity index (χ1n) is 19.4. The average Bonchev–Trinajstić information content (AvgIpc) is 3.78. The van der Waals surface area contributed by atoms with Gasteiger partial charge in [0.1, 0.15) is 5.82 Å². The van der Waals surface area contributed by atoms with E-state index in [0.717, 1.165) is 29.1 Å². The van der Waals surface area contributed by atoms with Crippen LogP contribution in [0.4, 0.5) is 17.1 Å². The molecule has 0 amide bonds. The number of hydrogen-bond acceptors (Lipinski definition) is 3. The summed E-state index contributed by atoms with van der Waals surface area (Å²) in [6.07, 6.45) is 1.97. The standard InChI is InChI=1S/C52H42N4/c1-52(2,39-20-14-21-41(33-39)55-35-54(3)47-26-12-13-27-48(47)55)40-28-29-45-44-22-10-11-25-46(44)56(49(45)34-40)50-32-38(30-31-53-50)51-42(36-16-6-4-7-17-36)23-15-24-43(51)37-18-8-5-9-19-37/h4-34H,35H2,1-3H3. The second-order valence-corrected chi connectivity index (χ2v) is 15.4. The summed E-state index contributed by atoms with van der Waals surface area (Å²) in [4.78, 5) is 9.82. The molecule has 0 saturated heterocycles. The number of aromatic nitrogens is 2. The summed E-state index contributed by atoms with van der Waals surface area (Å²) in [5.41, 5.74) is 15.3. The Kier molecular flexibility index (Phi) is 8.07. The summed E-state index contributed by atoms with van der Waals surface area (Å²) in [5, 5.41) is 2.43. The highest BCUT2D eigenvalue weighted by Gasteiger charge is 2.28. The van der Waals surface area contributed by atoms with Crippen LogP contribution in [0.1, 0.15) is 25.0 Å². The van der Waals surface area contributed by atoms with Crippen molar-refractivity contribution in [3.05, 3.63) is 199 Å². The number of fused-ring (bicyclic) bond motifs is 4. The van der Waals surface area contributed by atoms with E-state index in [9.17, 15) is 0 Å². The lowest BCUT2D eigenvalue weighted by molar-refractivity contribution is 0.641. The van der Waals surface area contributed by atoms with Crippen molar-refractivity contribution in [2.24, 2.45) is 0 Å². The van der Waals surface area contributed by atoms with Gasteiger partial charge in [-0.05, 0) is 93.0 Å². The minimum Gasteiger partial charge on any atom is -0.355 e. The first kappa shape index (κ1) is 33.6. The average molecular weight is 723 g/mol. The zero-order valence-electron chi connectivity index (χ0n) is 31.9. The monoisotopic (exact) mass is 722 g/mol. The molecule has 9 aromatic rings. The van der Waals surface area contributed by atoms with E-state index in [2.05, 4.69) is 217 Å². The predicted octanol–water partition coefficient (Wildman–Crippen LogP) is 13.1. The number of anilines is 3. The van der Waals surface area contributed by atoms with Crippen LogP contribution >= 0.6 is 0 Å². The summed E-state index contributed by atoms with van der Waals surface area (Å²) in [7, 11) is 2.16. The van der Waals surface area contributed by atoms with Gasteiger partial charge in [-0.1, -0.05) is 147 Å². The van der Waals surface area contributed by atoms with Crippen molar-refractivity contribution < 1.29 is 0 Å². The smallest absolute Gasteiger partial charge is 0.138 e. The van der Waals surface area contributed by atoms with Crippen molar-refractivity contribution in [2.75, 3.05) is 23.5 Å². The summed E-state index contributed by atoms with van der Waals surface area (Å²) in [6, 6.07) is 66.0. The minimum atomic E-state index is -0.273. The van der Waals surface area contributed by atoms with Crippen LogP contribution in [0.5, 0.6) is 0 Å². The topological polar surface area (TPSA) is 24.3 Å². The second kappa shape index (κ2) is 13.4. The molecule has 56 heavy (non-hydrogen) atoms. The van der Waals surface area contributed by atoms with Gasteiger partial charge in [-0.2, -0.15) is 0 Å². The Balaban J connectivity index is 1.12. The molecule has 0 unspecified atom stereocenters. The Labute approximate surface area is 328 Å². The first-order chi connectivity index (χ1) is 27.5. The van der Waals surface area contributed by atoms with E-state index in [4.69, 9.17) is 4.98 Å². The molecule has 2 aromatic heterocycles. The van der Waals surface area contributed by atoms with E-state index in [1.165, 1.54) is 66.8 Å². The van der Waals surface area contributed by atoms with Gasteiger partial charge in [-0.15, -0.1) is 0 Å². The van der Waals surface area contributed by atoms with Crippen LogP contribution in [0.2, 0.25) is 0 Å². The molecule has 0 atom stereocenters. The molecule has 0 bridgehead atoms. The quantitative estimate of drug-likeness (QED) is 0.164. The SMILES string of the molecule is CN1CN(c2cccc(C(C)(C)c3ccc4c5ccccc5n(-c5cc(-c6c(-c7ccccc7)cccc6-c6ccccc6)ccn5)c4c3)c2)c2ccccc21. The molecule has 4 heteroatoms. The van der Waals surface area contributed by atoms with Gasteiger partial charge >= 0.3 is 0 Å². The lowest BCUT2D eigenvalue weighted by atomic mass is 9.77. The molecule has 7 aromatic carbocycles. The van der Waals surface area contributed by atoms with Gasteiger partial charge in [0.2, 0.25) is 0 Å². The van der Waals surface area contributed by atoms with E-state index in [0.29, 0.717) is 0 Å². The molecular formula is C52H42N4. The number of benzene rings is 7. The molecular weight excluding hydrogens is 681 g/mol. The number of pyridine rings is 1. The normalized spacial score (nSPS) is 12.8. The van der Waals surface area contributed by atoms with Gasteiger partial charge in [0, 0.05) is 35.1 Å². The summed E-state index contributed by atoms with van der Waals surface area (Å²) in [6.45, 7) is 5.51. The molecule has 10 rings (SSSR count). The summed E-state index contributed by atoms with van der Waals surface area (Å²) in [5.74, 6) is 0.893. The fraction of sp³-hybridized carbons (Fsp3) is 0.0962. The van der Waals surface area contributed by atoms with Crippen LogP contribution < -0.4 is 9.80 Å². The van der Waals surface area contributed by atoms with Crippen molar-refractivity contribution in [3.63, 3.8) is 0 Å². The fourth-order valence-corrected chi connectivity index (χ4v) is 8.71. The number of rotatable bonds is 7. The van der Waals surface area contributed by atoms with E-state index in [1.54, 1.807) is 0 Å². The van der Waals surface area contributed by atoms with Gasteiger partial charge in [0.25, 0.3) is 0 Å². The van der Waals surface area contributed by atoms with Crippen molar-refractivity contribution >= 4 is 38.9 Å². The van der Waals surface area contributed by atoms with Crippen LogP contribution in [0.3, 0.4) is 0 Å². The highest BCUT2D eigenvalue weighted by atomic mass is 15.4. The van der Waals surface area contributed by atoms with Crippen LogP contribution in [0.15, 0.2) is 188 Å². The lowest BCUT2D eigenvalue weighted by Crippen LogP contribution is -2.25. The molecule has 4 nitrogen and oxygen atoms in total. The van der Waals surface area contributed by atoms with E-state index >= 15 is 0 Å². The molecule has 1 aliphatic rings. The van der Waals surface area contributed by atoms with Gasteiger partial charge in [-0.25, -0.2) is 4.98 Å². The van der Waals surface area contributed by atoms with E-state index < -0.39 is 0 Å².